The maximum absolute atomic E-state index is 5.81. The van der Waals surface area contributed by atoms with Crippen LogP contribution in [0.25, 0.3) is 0 Å². The molecule has 0 saturated carbocycles. The Hall–Kier alpha value is 0.580. The molecule has 0 amide bonds. The first-order valence-electron chi connectivity index (χ1n) is 5.34. The zero-order chi connectivity index (χ0) is 11.5. The van der Waals surface area contributed by atoms with Crippen LogP contribution in [0.2, 0.25) is 0 Å². The normalized spacial score (nSPS) is 27.2. The SMILES string of the molecule is CC1CN(Cc2cc(Br)cs2)CC(CBr)O1. The van der Waals surface area contributed by atoms with Crippen LogP contribution in [0.3, 0.4) is 0 Å². The summed E-state index contributed by atoms with van der Waals surface area (Å²) in [5.41, 5.74) is 0. The van der Waals surface area contributed by atoms with Gasteiger partial charge < -0.3 is 4.74 Å². The zero-order valence-corrected chi connectivity index (χ0v) is 13.1. The van der Waals surface area contributed by atoms with E-state index in [9.17, 15) is 0 Å². The number of hydrogen-bond acceptors (Lipinski definition) is 3. The van der Waals surface area contributed by atoms with Crippen molar-refractivity contribution >= 4 is 43.2 Å². The van der Waals surface area contributed by atoms with Crippen molar-refractivity contribution in [1.82, 2.24) is 4.90 Å². The zero-order valence-electron chi connectivity index (χ0n) is 9.16. The van der Waals surface area contributed by atoms with E-state index in [1.165, 1.54) is 9.35 Å². The summed E-state index contributed by atoms with van der Waals surface area (Å²) in [6, 6.07) is 2.20. The second-order valence-electron chi connectivity index (χ2n) is 4.15. The minimum atomic E-state index is 0.326. The Balaban J connectivity index is 1.93. The lowest BCUT2D eigenvalue weighted by molar-refractivity contribution is -0.0675. The second-order valence-corrected chi connectivity index (χ2v) is 6.71. The molecule has 5 heteroatoms. The quantitative estimate of drug-likeness (QED) is 0.757. The Bertz CT molecular complexity index is 344. The van der Waals surface area contributed by atoms with Gasteiger partial charge in [0.05, 0.1) is 12.2 Å². The van der Waals surface area contributed by atoms with Crippen molar-refractivity contribution in [3.63, 3.8) is 0 Å². The van der Waals surface area contributed by atoms with E-state index in [0.29, 0.717) is 12.2 Å². The van der Waals surface area contributed by atoms with Crippen molar-refractivity contribution in [3.05, 3.63) is 20.8 Å². The van der Waals surface area contributed by atoms with Gasteiger partial charge in [-0.3, -0.25) is 4.90 Å². The predicted molar refractivity (Wildman–Crippen MR) is 75.4 cm³/mol. The summed E-state index contributed by atoms with van der Waals surface area (Å²) in [4.78, 5) is 3.88. The average Bonchev–Trinajstić information content (AvgIpc) is 2.63. The largest absolute Gasteiger partial charge is 0.372 e. The summed E-state index contributed by atoms with van der Waals surface area (Å²) in [6.45, 7) is 5.23. The third-order valence-electron chi connectivity index (χ3n) is 2.58. The van der Waals surface area contributed by atoms with Crippen LogP contribution in [0.15, 0.2) is 15.9 Å². The van der Waals surface area contributed by atoms with Crippen LogP contribution in [0.5, 0.6) is 0 Å². The van der Waals surface area contributed by atoms with Gasteiger partial charge in [-0.1, -0.05) is 15.9 Å². The van der Waals surface area contributed by atoms with Gasteiger partial charge in [-0.25, -0.2) is 0 Å². The number of morpholine rings is 1. The van der Waals surface area contributed by atoms with Gasteiger partial charge in [0, 0.05) is 39.7 Å². The molecule has 1 aromatic heterocycles. The maximum atomic E-state index is 5.81. The maximum Gasteiger partial charge on any atom is 0.0802 e. The Kier molecular flexibility index (Phi) is 4.85. The number of thiophene rings is 1. The Morgan fingerprint density at radius 3 is 3.00 bits per heavy atom. The lowest BCUT2D eigenvalue weighted by atomic mass is 10.2. The summed E-state index contributed by atoms with van der Waals surface area (Å²) < 4.78 is 7.00. The molecule has 1 aliphatic heterocycles. The molecule has 0 bridgehead atoms. The van der Waals surface area contributed by atoms with Crippen molar-refractivity contribution in [2.24, 2.45) is 0 Å². The van der Waals surface area contributed by atoms with Gasteiger partial charge in [0.15, 0.2) is 0 Å². The van der Waals surface area contributed by atoms with Crippen LogP contribution >= 0.6 is 43.2 Å². The number of halogens is 2. The smallest absolute Gasteiger partial charge is 0.0802 e. The molecule has 16 heavy (non-hydrogen) atoms. The molecule has 0 spiro atoms. The van der Waals surface area contributed by atoms with Gasteiger partial charge in [0.1, 0.15) is 0 Å². The van der Waals surface area contributed by atoms with E-state index in [1.807, 2.05) is 11.3 Å². The fraction of sp³-hybridized carbons (Fsp3) is 0.636. The highest BCUT2D eigenvalue weighted by Crippen LogP contribution is 2.23. The highest BCUT2D eigenvalue weighted by molar-refractivity contribution is 9.10. The van der Waals surface area contributed by atoms with Crippen LogP contribution in [-0.2, 0) is 11.3 Å². The minimum Gasteiger partial charge on any atom is -0.372 e. The van der Waals surface area contributed by atoms with Crippen molar-refractivity contribution in [1.29, 1.82) is 0 Å². The van der Waals surface area contributed by atoms with Crippen molar-refractivity contribution in [2.75, 3.05) is 18.4 Å². The average molecular weight is 369 g/mol. The highest BCUT2D eigenvalue weighted by atomic mass is 79.9. The summed E-state index contributed by atoms with van der Waals surface area (Å²) >= 11 is 8.81. The molecular formula is C11H15Br2NOS. The van der Waals surface area contributed by atoms with Gasteiger partial charge in [0.25, 0.3) is 0 Å². The van der Waals surface area contributed by atoms with E-state index in [4.69, 9.17) is 4.74 Å². The molecule has 2 heterocycles. The van der Waals surface area contributed by atoms with E-state index >= 15 is 0 Å². The van der Waals surface area contributed by atoms with Gasteiger partial charge in [-0.05, 0) is 28.9 Å². The first-order valence-corrected chi connectivity index (χ1v) is 8.13. The molecule has 0 radical (unpaired) electrons. The van der Waals surface area contributed by atoms with Crippen LogP contribution in [-0.4, -0.2) is 35.5 Å². The number of nitrogens with zero attached hydrogens (tertiary/aromatic N) is 1. The molecule has 2 nitrogen and oxygen atoms in total. The van der Waals surface area contributed by atoms with Gasteiger partial charge in [-0.15, -0.1) is 11.3 Å². The number of rotatable bonds is 3. The molecule has 1 aromatic rings. The summed E-state index contributed by atoms with van der Waals surface area (Å²) in [7, 11) is 0. The van der Waals surface area contributed by atoms with Crippen molar-refractivity contribution < 1.29 is 4.74 Å². The van der Waals surface area contributed by atoms with Gasteiger partial charge >= 0.3 is 0 Å². The first-order chi connectivity index (χ1) is 7.67. The molecule has 0 N–H and O–H groups in total. The van der Waals surface area contributed by atoms with Crippen LogP contribution in [0, 0.1) is 0 Å². The third kappa shape index (κ3) is 3.53. The number of alkyl halides is 1. The van der Waals surface area contributed by atoms with Crippen molar-refractivity contribution in [3.8, 4) is 0 Å². The van der Waals surface area contributed by atoms with Gasteiger partial charge in [-0.2, -0.15) is 0 Å². The second kappa shape index (κ2) is 5.96. The topological polar surface area (TPSA) is 12.5 Å². The van der Waals surface area contributed by atoms with E-state index in [-0.39, 0.29) is 0 Å². The molecule has 0 aromatic carbocycles. The summed E-state index contributed by atoms with van der Waals surface area (Å²) in [5.74, 6) is 0. The molecule has 2 unspecified atom stereocenters. The molecule has 2 atom stereocenters. The molecule has 1 fully saturated rings. The number of ether oxygens (including phenoxy) is 1. The fourth-order valence-electron chi connectivity index (χ4n) is 2.01. The summed E-state index contributed by atoms with van der Waals surface area (Å²) in [6.07, 6.45) is 0.659. The van der Waals surface area contributed by atoms with Crippen LogP contribution < -0.4 is 0 Å². The molecule has 1 saturated heterocycles. The highest BCUT2D eigenvalue weighted by Gasteiger charge is 2.24. The van der Waals surface area contributed by atoms with Gasteiger partial charge in [0.2, 0.25) is 0 Å². The Labute approximate surface area is 117 Å². The lowest BCUT2D eigenvalue weighted by Crippen LogP contribution is -2.46. The predicted octanol–water partition coefficient (Wildman–Crippen LogP) is 3.49. The molecular weight excluding hydrogens is 354 g/mol. The fourth-order valence-corrected chi connectivity index (χ4v) is 3.86. The molecule has 0 aliphatic carbocycles. The number of hydrogen-bond donors (Lipinski definition) is 0. The Morgan fingerprint density at radius 1 is 1.56 bits per heavy atom. The molecule has 2 rings (SSSR count). The first kappa shape index (κ1) is 13.0. The van der Waals surface area contributed by atoms with E-state index in [1.54, 1.807) is 0 Å². The van der Waals surface area contributed by atoms with E-state index in [2.05, 4.69) is 55.1 Å². The van der Waals surface area contributed by atoms with Crippen LogP contribution in [0.1, 0.15) is 11.8 Å². The molecule has 1 aliphatic rings. The monoisotopic (exact) mass is 367 g/mol. The standard InChI is InChI=1S/C11H15Br2NOS/c1-8-4-14(5-10(3-12)15-8)6-11-2-9(13)7-16-11/h2,7-8,10H,3-6H2,1H3. The van der Waals surface area contributed by atoms with E-state index in [0.717, 1.165) is 25.0 Å². The third-order valence-corrected chi connectivity index (χ3v) is 4.98. The minimum absolute atomic E-state index is 0.326. The van der Waals surface area contributed by atoms with Crippen molar-refractivity contribution in [2.45, 2.75) is 25.7 Å². The summed E-state index contributed by atoms with van der Waals surface area (Å²) in [5, 5.41) is 3.06. The lowest BCUT2D eigenvalue weighted by Gasteiger charge is -2.35. The van der Waals surface area contributed by atoms with Crippen LogP contribution in [0.4, 0.5) is 0 Å². The van der Waals surface area contributed by atoms with E-state index < -0.39 is 0 Å². The Morgan fingerprint density at radius 2 is 2.38 bits per heavy atom. The molecule has 90 valence electrons.